The highest BCUT2D eigenvalue weighted by molar-refractivity contribution is 5.88. The van der Waals surface area contributed by atoms with Crippen LogP contribution in [0, 0.1) is 0 Å². The molecule has 0 aliphatic rings. The lowest BCUT2D eigenvalue weighted by Crippen LogP contribution is -2.13. The number of carbonyl (C=O) groups excluding carboxylic acids is 2. The Morgan fingerprint density at radius 2 is 1.37 bits per heavy atom. The molecule has 9 nitrogen and oxygen atoms in total. The van der Waals surface area contributed by atoms with Gasteiger partial charge in [0, 0.05) is 22.9 Å². The van der Waals surface area contributed by atoms with Crippen LogP contribution in [0.25, 0.3) is 33.4 Å². The molecule has 9 heteroatoms. The molecular weight excluding hydrogens is 450 g/mol. The van der Waals surface area contributed by atoms with Crippen molar-refractivity contribution in [1.29, 1.82) is 0 Å². The lowest BCUT2D eigenvalue weighted by molar-refractivity contribution is -0.143. The third kappa shape index (κ3) is 5.83. The summed E-state index contributed by atoms with van der Waals surface area (Å²) in [7, 11) is 2.60. The van der Waals surface area contributed by atoms with Crippen LogP contribution in [-0.4, -0.2) is 49.3 Å². The minimum absolute atomic E-state index is 0.166. The summed E-state index contributed by atoms with van der Waals surface area (Å²) in [5.41, 5.74) is 8.63. The molecule has 0 unspecified atom stereocenters. The molecule has 35 heavy (non-hydrogen) atoms. The van der Waals surface area contributed by atoms with E-state index in [-0.39, 0.29) is 19.1 Å². The van der Waals surface area contributed by atoms with E-state index in [0.29, 0.717) is 23.0 Å². The number of nitrogen functional groups attached to an aromatic ring is 1. The number of hydrogen-bond donors (Lipinski definition) is 1. The number of fused-ring (bicyclic) bond motifs is 1. The SMILES string of the molecule is COC(=O)COc1ccc2cc(-c3nc(OCC(=O)OC)cc(-c4ccc(N)cc4)n3)ccc2c1. The van der Waals surface area contributed by atoms with Gasteiger partial charge in [0.15, 0.2) is 19.0 Å². The van der Waals surface area contributed by atoms with E-state index < -0.39 is 11.9 Å². The number of nitrogens with zero attached hydrogens (tertiary/aromatic N) is 2. The van der Waals surface area contributed by atoms with Crippen molar-refractivity contribution >= 4 is 28.4 Å². The second-order valence-corrected chi connectivity index (χ2v) is 7.49. The van der Waals surface area contributed by atoms with E-state index in [9.17, 15) is 9.59 Å². The molecule has 0 saturated carbocycles. The molecule has 0 bridgehead atoms. The second-order valence-electron chi connectivity index (χ2n) is 7.49. The maximum absolute atomic E-state index is 11.6. The summed E-state index contributed by atoms with van der Waals surface area (Å²) in [6.07, 6.45) is 0. The smallest absolute Gasteiger partial charge is 0.343 e. The Bertz CT molecular complexity index is 1370. The molecule has 0 atom stereocenters. The van der Waals surface area contributed by atoms with Crippen LogP contribution in [0.1, 0.15) is 0 Å². The first-order chi connectivity index (χ1) is 16.9. The van der Waals surface area contributed by atoms with Gasteiger partial charge in [-0.15, -0.1) is 0 Å². The number of aromatic nitrogens is 2. The minimum Gasteiger partial charge on any atom is -0.482 e. The van der Waals surface area contributed by atoms with Crippen molar-refractivity contribution in [2.75, 3.05) is 33.2 Å². The van der Waals surface area contributed by atoms with Gasteiger partial charge in [-0.2, -0.15) is 4.98 Å². The van der Waals surface area contributed by atoms with Crippen LogP contribution in [0.3, 0.4) is 0 Å². The largest absolute Gasteiger partial charge is 0.482 e. The molecule has 4 aromatic rings. The monoisotopic (exact) mass is 473 g/mol. The van der Waals surface area contributed by atoms with Crippen LogP contribution >= 0.6 is 0 Å². The van der Waals surface area contributed by atoms with Gasteiger partial charge >= 0.3 is 11.9 Å². The van der Waals surface area contributed by atoms with E-state index >= 15 is 0 Å². The quantitative estimate of drug-likeness (QED) is 0.302. The molecule has 2 N–H and O–H groups in total. The number of nitrogens with two attached hydrogens (primary N) is 1. The van der Waals surface area contributed by atoms with Crippen LogP contribution in [0.2, 0.25) is 0 Å². The molecular formula is C26H23N3O6. The van der Waals surface area contributed by atoms with Crippen LogP contribution in [-0.2, 0) is 19.1 Å². The van der Waals surface area contributed by atoms with Crippen molar-refractivity contribution in [2.24, 2.45) is 0 Å². The average Bonchev–Trinajstić information content (AvgIpc) is 2.90. The maximum atomic E-state index is 11.6. The highest BCUT2D eigenvalue weighted by Gasteiger charge is 2.12. The highest BCUT2D eigenvalue weighted by Crippen LogP contribution is 2.29. The Labute approximate surface area is 201 Å². The Kier molecular flexibility index (Phi) is 7.06. The minimum atomic E-state index is -0.518. The Morgan fingerprint density at radius 3 is 2.09 bits per heavy atom. The van der Waals surface area contributed by atoms with E-state index in [2.05, 4.69) is 14.5 Å². The van der Waals surface area contributed by atoms with Crippen LogP contribution in [0.15, 0.2) is 66.7 Å². The number of rotatable bonds is 8. The molecule has 1 heterocycles. The molecule has 0 radical (unpaired) electrons. The number of hydrogen-bond acceptors (Lipinski definition) is 9. The van der Waals surface area contributed by atoms with Gasteiger partial charge in [0.2, 0.25) is 5.88 Å². The van der Waals surface area contributed by atoms with Crippen molar-refractivity contribution in [3.8, 4) is 34.3 Å². The zero-order chi connectivity index (χ0) is 24.8. The molecule has 1 aromatic heterocycles. The summed E-state index contributed by atoms with van der Waals surface area (Å²) in [4.78, 5) is 32.1. The first-order valence-corrected chi connectivity index (χ1v) is 10.6. The molecule has 0 spiro atoms. The molecule has 0 fully saturated rings. The van der Waals surface area contributed by atoms with Gasteiger partial charge in [-0.05, 0) is 41.1 Å². The summed E-state index contributed by atoms with van der Waals surface area (Å²) in [5, 5.41) is 1.83. The molecule has 0 saturated heterocycles. The van der Waals surface area contributed by atoms with Gasteiger partial charge in [-0.3, -0.25) is 0 Å². The van der Waals surface area contributed by atoms with Crippen LogP contribution < -0.4 is 15.2 Å². The van der Waals surface area contributed by atoms with E-state index in [4.69, 9.17) is 20.2 Å². The average molecular weight is 473 g/mol. The van der Waals surface area contributed by atoms with Crippen molar-refractivity contribution in [1.82, 2.24) is 9.97 Å². The topological polar surface area (TPSA) is 123 Å². The third-order valence-electron chi connectivity index (χ3n) is 5.13. The zero-order valence-corrected chi connectivity index (χ0v) is 19.2. The van der Waals surface area contributed by atoms with E-state index in [0.717, 1.165) is 21.9 Å². The van der Waals surface area contributed by atoms with Gasteiger partial charge in [-0.25, -0.2) is 14.6 Å². The molecule has 4 rings (SSSR count). The molecule has 0 aliphatic carbocycles. The first-order valence-electron chi connectivity index (χ1n) is 10.6. The summed E-state index contributed by atoms with van der Waals surface area (Å²) in [6, 6.07) is 20.1. The second kappa shape index (κ2) is 10.5. The third-order valence-corrected chi connectivity index (χ3v) is 5.13. The maximum Gasteiger partial charge on any atom is 0.343 e. The van der Waals surface area contributed by atoms with Crippen molar-refractivity contribution < 1.29 is 28.5 Å². The fourth-order valence-corrected chi connectivity index (χ4v) is 3.28. The molecule has 0 amide bonds. The number of benzene rings is 3. The predicted octanol–water partition coefficient (Wildman–Crippen LogP) is 3.65. The number of anilines is 1. The summed E-state index contributed by atoms with van der Waals surface area (Å²) in [6.45, 7) is -0.444. The predicted molar refractivity (Wildman–Crippen MR) is 130 cm³/mol. The fraction of sp³-hybridized carbons (Fsp3) is 0.154. The molecule has 178 valence electrons. The normalized spacial score (nSPS) is 10.6. The van der Waals surface area contributed by atoms with Crippen LogP contribution in [0.4, 0.5) is 5.69 Å². The van der Waals surface area contributed by atoms with Crippen molar-refractivity contribution in [2.45, 2.75) is 0 Å². The Hall–Kier alpha value is -4.66. The van der Waals surface area contributed by atoms with Gasteiger partial charge in [0.25, 0.3) is 0 Å². The van der Waals surface area contributed by atoms with Crippen LogP contribution in [0.5, 0.6) is 11.6 Å². The van der Waals surface area contributed by atoms with Crippen molar-refractivity contribution in [3.05, 3.63) is 66.7 Å². The number of ether oxygens (including phenoxy) is 4. The highest BCUT2D eigenvalue weighted by atomic mass is 16.6. The lowest BCUT2D eigenvalue weighted by Gasteiger charge is -2.11. The number of esters is 2. The summed E-state index contributed by atoms with van der Waals surface area (Å²) in [5.74, 6) is 0.237. The number of carbonyl (C=O) groups is 2. The summed E-state index contributed by atoms with van der Waals surface area (Å²) >= 11 is 0. The van der Waals surface area contributed by atoms with E-state index in [1.807, 2.05) is 42.5 Å². The molecule has 0 aliphatic heterocycles. The van der Waals surface area contributed by atoms with E-state index in [1.165, 1.54) is 14.2 Å². The molecule has 3 aromatic carbocycles. The lowest BCUT2D eigenvalue weighted by atomic mass is 10.1. The van der Waals surface area contributed by atoms with Gasteiger partial charge in [0.1, 0.15) is 5.75 Å². The zero-order valence-electron chi connectivity index (χ0n) is 19.2. The van der Waals surface area contributed by atoms with Gasteiger partial charge in [-0.1, -0.05) is 30.3 Å². The number of methoxy groups -OCH3 is 2. The standard InChI is InChI=1S/C26H23N3O6/c1-32-24(30)14-34-21-10-7-17-11-19(4-3-18(17)12-21)26-28-22(16-5-8-20(27)9-6-16)13-23(29-26)35-15-25(31)33-2/h3-13H,14-15,27H2,1-2H3. The Morgan fingerprint density at radius 1 is 0.743 bits per heavy atom. The fourth-order valence-electron chi connectivity index (χ4n) is 3.28. The first kappa shape index (κ1) is 23.5. The van der Waals surface area contributed by atoms with E-state index in [1.54, 1.807) is 24.3 Å². The summed E-state index contributed by atoms with van der Waals surface area (Å²) < 4.78 is 20.3. The van der Waals surface area contributed by atoms with Gasteiger partial charge < -0.3 is 24.7 Å². The Balaban J connectivity index is 1.68. The van der Waals surface area contributed by atoms with Gasteiger partial charge in [0.05, 0.1) is 19.9 Å². The van der Waals surface area contributed by atoms with Crippen molar-refractivity contribution in [3.63, 3.8) is 0 Å².